The fourth-order valence-corrected chi connectivity index (χ4v) is 1.89. The van der Waals surface area contributed by atoms with Crippen LogP contribution in [0.3, 0.4) is 0 Å². The number of amides is 2. The Morgan fingerprint density at radius 1 is 1.28 bits per heavy atom. The van der Waals surface area contributed by atoms with Crippen LogP contribution in [0.5, 0.6) is 5.75 Å². The highest BCUT2D eigenvalue weighted by molar-refractivity contribution is 5.94. The van der Waals surface area contributed by atoms with E-state index in [4.69, 9.17) is 4.74 Å². The van der Waals surface area contributed by atoms with E-state index in [9.17, 15) is 9.59 Å². The molecule has 0 bridgehead atoms. The van der Waals surface area contributed by atoms with Crippen LogP contribution in [0.15, 0.2) is 24.3 Å². The van der Waals surface area contributed by atoms with E-state index in [1.54, 1.807) is 36.3 Å². The van der Waals surface area contributed by atoms with Gasteiger partial charge in [0, 0.05) is 31.6 Å². The predicted octanol–water partition coefficient (Wildman–Crippen LogP) is 0.657. The molecule has 1 fully saturated rings. The summed E-state index contributed by atoms with van der Waals surface area (Å²) in [6.07, 6.45) is 0.363. The van der Waals surface area contributed by atoms with Gasteiger partial charge in [0.25, 0.3) is 5.91 Å². The van der Waals surface area contributed by atoms with Gasteiger partial charge in [-0.15, -0.1) is 0 Å². The maximum absolute atomic E-state index is 12.2. The van der Waals surface area contributed by atoms with Gasteiger partial charge in [0.2, 0.25) is 5.91 Å². The van der Waals surface area contributed by atoms with Gasteiger partial charge in [-0.05, 0) is 24.3 Å². The standard InChI is InChI=1S/C13H16N2O3/c1-18-11-4-2-10(3-5-11)13(17)15-8-6-12(16)14-7-9-15/h2-5H,6-9H2,1H3,(H,14,16). The number of methoxy groups -OCH3 is 1. The summed E-state index contributed by atoms with van der Waals surface area (Å²) in [6.45, 7) is 1.54. The lowest BCUT2D eigenvalue weighted by Gasteiger charge is -2.19. The highest BCUT2D eigenvalue weighted by Crippen LogP contribution is 2.13. The molecule has 1 N–H and O–H groups in total. The second kappa shape index (κ2) is 5.53. The Hall–Kier alpha value is -2.04. The molecule has 1 saturated heterocycles. The molecule has 2 amide bonds. The summed E-state index contributed by atoms with van der Waals surface area (Å²) in [4.78, 5) is 25.1. The van der Waals surface area contributed by atoms with Gasteiger partial charge in [0.1, 0.15) is 5.75 Å². The maximum atomic E-state index is 12.2. The average Bonchev–Trinajstić information content (AvgIpc) is 2.63. The zero-order valence-corrected chi connectivity index (χ0v) is 10.3. The Kier molecular flexibility index (Phi) is 3.82. The molecule has 0 aliphatic carbocycles. The topological polar surface area (TPSA) is 58.6 Å². The van der Waals surface area contributed by atoms with Crippen LogP contribution in [-0.2, 0) is 4.79 Å². The summed E-state index contributed by atoms with van der Waals surface area (Å²) < 4.78 is 5.05. The van der Waals surface area contributed by atoms with Crippen molar-refractivity contribution in [1.29, 1.82) is 0 Å². The molecule has 96 valence electrons. The Labute approximate surface area is 106 Å². The molecule has 0 saturated carbocycles. The maximum Gasteiger partial charge on any atom is 0.253 e. The summed E-state index contributed by atoms with van der Waals surface area (Å²) in [6, 6.07) is 6.99. The fourth-order valence-electron chi connectivity index (χ4n) is 1.89. The summed E-state index contributed by atoms with van der Waals surface area (Å²) in [5.74, 6) is 0.674. The molecule has 0 spiro atoms. The molecule has 1 aliphatic rings. The minimum Gasteiger partial charge on any atom is -0.497 e. The van der Waals surface area contributed by atoms with Crippen molar-refractivity contribution in [3.63, 3.8) is 0 Å². The number of nitrogens with one attached hydrogen (secondary N) is 1. The minimum absolute atomic E-state index is 0.0000286. The number of rotatable bonds is 2. The molecule has 18 heavy (non-hydrogen) atoms. The number of hydrogen-bond acceptors (Lipinski definition) is 3. The third-order valence-electron chi connectivity index (χ3n) is 2.94. The Bertz CT molecular complexity index is 442. The third kappa shape index (κ3) is 2.80. The number of carbonyl (C=O) groups excluding carboxylic acids is 2. The molecule has 2 rings (SSSR count). The number of nitrogens with zero attached hydrogens (tertiary/aromatic N) is 1. The molecule has 0 radical (unpaired) electrons. The van der Waals surface area contributed by atoms with Gasteiger partial charge < -0.3 is 15.0 Å². The lowest BCUT2D eigenvalue weighted by atomic mass is 10.2. The van der Waals surface area contributed by atoms with Gasteiger partial charge in [0.05, 0.1) is 7.11 Å². The molecule has 5 heteroatoms. The van der Waals surface area contributed by atoms with Crippen LogP contribution in [0.1, 0.15) is 16.8 Å². The van der Waals surface area contributed by atoms with E-state index in [1.165, 1.54) is 0 Å². The van der Waals surface area contributed by atoms with E-state index < -0.39 is 0 Å². The number of carbonyl (C=O) groups is 2. The van der Waals surface area contributed by atoms with E-state index >= 15 is 0 Å². The lowest BCUT2D eigenvalue weighted by molar-refractivity contribution is -0.120. The first-order chi connectivity index (χ1) is 8.70. The van der Waals surface area contributed by atoms with Crippen LogP contribution in [-0.4, -0.2) is 43.5 Å². The van der Waals surface area contributed by atoms with Crippen LogP contribution < -0.4 is 10.1 Å². The first-order valence-corrected chi connectivity index (χ1v) is 5.91. The van der Waals surface area contributed by atoms with Crippen LogP contribution in [0, 0.1) is 0 Å². The first kappa shape index (κ1) is 12.4. The van der Waals surface area contributed by atoms with Crippen LogP contribution >= 0.6 is 0 Å². The molecule has 1 aromatic carbocycles. The van der Waals surface area contributed by atoms with Gasteiger partial charge in [-0.2, -0.15) is 0 Å². The van der Waals surface area contributed by atoms with E-state index in [0.717, 1.165) is 5.75 Å². The minimum atomic E-state index is -0.0471. The van der Waals surface area contributed by atoms with Crippen LogP contribution in [0.2, 0.25) is 0 Å². The van der Waals surface area contributed by atoms with Crippen molar-refractivity contribution in [2.24, 2.45) is 0 Å². The molecule has 0 atom stereocenters. The SMILES string of the molecule is COc1ccc(C(=O)N2CCNC(=O)CC2)cc1. The largest absolute Gasteiger partial charge is 0.497 e. The van der Waals surface area contributed by atoms with E-state index in [1.807, 2.05) is 0 Å². The molecule has 5 nitrogen and oxygen atoms in total. The molecular formula is C13H16N2O3. The monoisotopic (exact) mass is 248 g/mol. The third-order valence-corrected chi connectivity index (χ3v) is 2.94. The summed E-state index contributed by atoms with van der Waals surface area (Å²) in [5.41, 5.74) is 0.616. The molecule has 0 unspecified atom stereocenters. The summed E-state index contributed by atoms with van der Waals surface area (Å²) >= 11 is 0. The van der Waals surface area contributed by atoms with Gasteiger partial charge in [-0.3, -0.25) is 9.59 Å². The zero-order valence-electron chi connectivity index (χ0n) is 10.3. The zero-order chi connectivity index (χ0) is 13.0. The lowest BCUT2D eigenvalue weighted by Crippen LogP contribution is -2.34. The van der Waals surface area contributed by atoms with Crippen molar-refractivity contribution in [2.45, 2.75) is 6.42 Å². The van der Waals surface area contributed by atoms with E-state index in [2.05, 4.69) is 5.32 Å². The van der Waals surface area contributed by atoms with Crippen LogP contribution in [0.4, 0.5) is 0 Å². The molecule has 1 heterocycles. The van der Waals surface area contributed by atoms with Crippen molar-refractivity contribution in [3.05, 3.63) is 29.8 Å². The van der Waals surface area contributed by atoms with Gasteiger partial charge in [-0.25, -0.2) is 0 Å². The summed E-state index contributed by atoms with van der Waals surface area (Å²) in [7, 11) is 1.59. The predicted molar refractivity (Wildman–Crippen MR) is 66.5 cm³/mol. The number of benzene rings is 1. The van der Waals surface area contributed by atoms with Crippen molar-refractivity contribution in [3.8, 4) is 5.75 Å². The van der Waals surface area contributed by atoms with Crippen molar-refractivity contribution in [1.82, 2.24) is 10.2 Å². The number of ether oxygens (including phenoxy) is 1. The molecule has 0 aromatic heterocycles. The molecule has 1 aromatic rings. The van der Waals surface area contributed by atoms with Crippen molar-refractivity contribution < 1.29 is 14.3 Å². The van der Waals surface area contributed by atoms with Crippen molar-refractivity contribution >= 4 is 11.8 Å². The van der Waals surface area contributed by atoms with Gasteiger partial charge in [-0.1, -0.05) is 0 Å². The Morgan fingerprint density at radius 2 is 2.00 bits per heavy atom. The molecular weight excluding hydrogens is 232 g/mol. The van der Waals surface area contributed by atoms with Crippen LogP contribution in [0.25, 0.3) is 0 Å². The van der Waals surface area contributed by atoms with Gasteiger partial charge in [0.15, 0.2) is 0 Å². The second-order valence-electron chi connectivity index (χ2n) is 4.12. The Morgan fingerprint density at radius 3 is 2.67 bits per heavy atom. The van der Waals surface area contributed by atoms with Crippen molar-refractivity contribution in [2.75, 3.05) is 26.7 Å². The normalized spacial score (nSPS) is 15.8. The highest BCUT2D eigenvalue weighted by Gasteiger charge is 2.19. The van der Waals surface area contributed by atoms with E-state index in [0.29, 0.717) is 31.6 Å². The average molecular weight is 248 g/mol. The number of hydrogen-bond donors (Lipinski definition) is 1. The first-order valence-electron chi connectivity index (χ1n) is 5.91. The summed E-state index contributed by atoms with van der Waals surface area (Å²) in [5, 5.41) is 2.75. The van der Waals surface area contributed by atoms with Gasteiger partial charge >= 0.3 is 0 Å². The highest BCUT2D eigenvalue weighted by atomic mass is 16.5. The smallest absolute Gasteiger partial charge is 0.253 e. The van der Waals surface area contributed by atoms with E-state index in [-0.39, 0.29) is 11.8 Å². The Balaban J connectivity index is 2.07. The quantitative estimate of drug-likeness (QED) is 0.836. The molecule has 1 aliphatic heterocycles. The fraction of sp³-hybridized carbons (Fsp3) is 0.385. The second-order valence-corrected chi connectivity index (χ2v) is 4.12.